The molecular formula is C28H27N5O2. The molecule has 2 heterocycles. The van der Waals surface area contributed by atoms with Crippen molar-refractivity contribution in [2.45, 2.75) is 38.0 Å². The predicted octanol–water partition coefficient (Wildman–Crippen LogP) is 3.18. The van der Waals surface area contributed by atoms with E-state index in [0.717, 1.165) is 18.4 Å². The van der Waals surface area contributed by atoms with Crippen molar-refractivity contribution < 1.29 is 10.2 Å². The Morgan fingerprint density at radius 3 is 2.49 bits per heavy atom. The number of nitrogens with one attached hydrogen (secondary N) is 1. The fourth-order valence-electron chi connectivity index (χ4n) is 5.37. The Balaban J connectivity index is 1.37. The minimum absolute atomic E-state index is 0.188. The van der Waals surface area contributed by atoms with Gasteiger partial charge in [0.2, 0.25) is 5.82 Å². The molecule has 0 unspecified atom stereocenters. The Labute approximate surface area is 203 Å². The number of aliphatic hydroxyl groups is 2. The maximum Gasteiger partial charge on any atom is 0.209 e. The number of imidazole rings is 1. The second-order valence-electron chi connectivity index (χ2n) is 9.74. The first-order valence-corrected chi connectivity index (χ1v) is 12.0. The maximum absolute atomic E-state index is 10.8. The molecule has 0 radical (unpaired) electrons. The molecule has 2 aromatic carbocycles. The Hall–Kier alpha value is -3.73. The lowest BCUT2D eigenvalue weighted by molar-refractivity contribution is -0.0136. The van der Waals surface area contributed by atoms with Crippen LogP contribution in [0.15, 0.2) is 67.0 Å². The second-order valence-corrected chi connectivity index (χ2v) is 9.74. The van der Waals surface area contributed by atoms with E-state index in [1.54, 1.807) is 6.33 Å². The quantitative estimate of drug-likeness (QED) is 0.392. The van der Waals surface area contributed by atoms with E-state index < -0.39 is 12.2 Å². The summed E-state index contributed by atoms with van der Waals surface area (Å²) >= 11 is 0. The van der Waals surface area contributed by atoms with Gasteiger partial charge in [-0.3, -0.25) is 0 Å². The predicted molar refractivity (Wildman–Crippen MR) is 134 cm³/mol. The van der Waals surface area contributed by atoms with E-state index >= 15 is 0 Å². The minimum Gasteiger partial charge on any atom is -0.390 e. The molecule has 3 N–H and O–H groups in total. The summed E-state index contributed by atoms with van der Waals surface area (Å²) < 4.78 is 1.91. The van der Waals surface area contributed by atoms with E-state index in [9.17, 15) is 10.2 Å². The monoisotopic (exact) mass is 465 g/mol. The highest BCUT2D eigenvalue weighted by atomic mass is 16.3. The summed E-state index contributed by atoms with van der Waals surface area (Å²) in [6.07, 6.45) is 1.81. The first-order chi connectivity index (χ1) is 17.0. The lowest BCUT2D eigenvalue weighted by atomic mass is 10.0. The van der Waals surface area contributed by atoms with E-state index in [2.05, 4.69) is 39.3 Å². The molecule has 0 spiro atoms. The fraction of sp³-hybridized carbons (Fsp3) is 0.321. The fourth-order valence-corrected chi connectivity index (χ4v) is 5.37. The highest BCUT2D eigenvalue weighted by Crippen LogP contribution is 2.67. The van der Waals surface area contributed by atoms with Gasteiger partial charge in [-0.25, -0.2) is 15.0 Å². The van der Waals surface area contributed by atoms with Crippen LogP contribution in [0.4, 0.5) is 5.82 Å². The molecule has 2 fully saturated rings. The molecule has 2 aromatic heterocycles. The molecule has 7 nitrogen and oxygen atoms in total. The van der Waals surface area contributed by atoms with Gasteiger partial charge in [-0.1, -0.05) is 61.4 Å². The van der Waals surface area contributed by atoms with Crippen LogP contribution >= 0.6 is 0 Å². The number of aliphatic hydroxyl groups excluding tert-OH is 2. The lowest BCUT2D eigenvalue weighted by Crippen LogP contribution is -2.33. The van der Waals surface area contributed by atoms with Crippen molar-refractivity contribution in [3.63, 3.8) is 0 Å². The van der Waals surface area contributed by atoms with Crippen LogP contribution in [-0.2, 0) is 6.42 Å². The van der Waals surface area contributed by atoms with Crippen LogP contribution in [-0.4, -0.2) is 48.5 Å². The number of nitrogens with zero attached hydrogens (tertiary/aromatic N) is 4. The van der Waals surface area contributed by atoms with Gasteiger partial charge in [-0.2, -0.15) is 0 Å². The molecule has 6 rings (SSSR count). The van der Waals surface area contributed by atoms with Crippen LogP contribution in [0.5, 0.6) is 0 Å². The summed E-state index contributed by atoms with van der Waals surface area (Å²) in [4.78, 5) is 14.0. The van der Waals surface area contributed by atoms with Crippen molar-refractivity contribution in [3.05, 3.63) is 83.9 Å². The van der Waals surface area contributed by atoms with Gasteiger partial charge in [0.05, 0.1) is 18.5 Å². The number of anilines is 1. The normalized spacial score (nSPS) is 26.7. The molecule has 5 atom stereocenters. The van der Waals surface area contributed by atoms with E-state index in [1.807, 2.05) is 60.0 Å². The number of benzene rings is 2. The Kier molecular flexibility index (Phi) is 5.28. The average Bonchev–Trinajstić information content (AvgIpc) is 3.31. The minimum atomic E-state index is -0.862. The van der Waals surface area contributed by atoms with E-state index in [1.165, 1.54) is 5.56 Å². The lowest BCUT2D eigenvalue weighted by Gasteiger charge is -2.23. The summed E-state index contributed by atoms with van der Waals surface area (Å²) in [7, 11) is 0. The standard InChI is InChI=1S/C28H27N5O2/c1-28-16-20(28)23(24(34)25(28)35)33-17-30-22-26(29-15-14-19-10-6-3-7-11-19)31-21(32-27(22)33)13-12-18-8-4-2-5-9-18/h2-11,17,20,23-25,34-35H,14-16H2,1H3,(H,29,31,32)/t20-,23-,24+,25+,28-/m1/s1. The van der Waals surface area contributed by atoms with E-state index in [0.29, 0.717) is 29.4 Å². The van der Waals surface area contributed by atoms with Crippen LogP contribution in [0.2, 0.25) is 0 Å². The van der Waals surface area contributed by atoms with Gasteiger partial charge in [0.1, 0.15) is 6.10 Å². The van der Waals surface area contributed by atoms with Gasteiger partial charge in [-0.05, 0) is 42.4 Å². The van der Waals surface area contributed by atoms with Crippen molar-refractivity contribution in [2.24, 2.45) is 11.3 Å². The van der Waals surface area contributed by atoms with Gasteiger partial charge in [-0.15, -0.1) is 0 Å². The van der Waals surface area contributed by atoms with Crippen molar-refractivity contribution in [3.8, 4) is 11.8 Å². The highest BCUT2D eigenvalue weighted by molar-refractivity contribution is 5.83. The van der Waals surface area contributed by atoms with E-state index in [4.69, 9.17) is 4.98 Å². The number of rotatable bonds is 5. The van der Waals surface area contributed by atoms with Crippen molar-refractivity contribution in [1.29, 1.82) is 0 Å². The van der Waals surface area contributed by atoms with Gasteiger partial charge in [0.25, 0.3) is 0 Å². The largest absolute Gasteiger partial charge is 0.390 e. The third-order valence-corrected chi connectivity index (χ3v) is 7.49. The van der Waals surface area contributed by atoms with Crippen LogP contribution in [0.3, 0.4) is 0 Å². The average molecular weight is 466 g/mol. The molecule has 0 aliphatic heterocycles. The molecule has 7 heteroatoms. The molecule has 4 aromatic rings. The van der Waals surface area contributed by atoms with Crippen LogP contribution < -0.4 is 5.32 Å². The molecule has 0 saturated heterocycles. The molecular weight excluding hydrogens is 438 g/mol. The Morgan fingerprint density at radius 1 is 1.03 bits per heavy atom. The SMILES string of the molecule is C[C@@]12C[C@@H]1[C@@H](n1cnc3c(NCCc4ccccc4)nc(C#Cc4ccccc4)nc31)[C@H](O)[C@@H]2O. The topological polar surface area (TPSA) is 96.1 Å². The van der Waals surface area contributed by atoms with Gasteiger partial charge < -0.3 is 20.1 Å². The number of aromatic nitrogens is 4. The van der Waals surface area contributed by atoms with Crippen LogP contribution in [0, 0.1) is 23.2 Å². The molecule has 176 valence electrons. The molecule has 2 saturated carbocycles. The number of hydrogen-bond acceptors (Lipinski definition) is 6. The van der Waals surface area contributed by atoms with Gasteiger partial charge >= 0.3 is 0 Å². The summed E-state index contributed by atoms with van der Waals surface area (Å²) in [6.45, 7) is 2.72. The zero-order valence-corrected chi connectivity index (χ0v) is 19.5. The summed E-state index contributed by atoms with van der Waals surface area (Å²) in [5.74, 6) is 7.42. The molecule has 35 heavy (non-hydrogen) atoms. The van der Waals surface area contributed by atoms with E-state index in [-0.39, 0.29) is 17.4 Å². The molecule has 2 aliphatic rings. The summed E-state index contributed by atoms with van der Waals surface area (Å²) in [5.41, 5.74) is 3.12. The third-order valence-electron chi connectivity index (χ3n) is 7.49. The zero-order chi connectivity index (χ0) is 24.0. The Bertz CT molecular complexity index is 1420. The van der Waals surface area contributed by atoms with Crippen molar-refractivity contribution in [2.75, 3.05) is 11.9 Å². The number of fused-ring (bicyclic) bond motifs is 2. The summed E-state index contributed by atoms with van der Waals surface area (Å²) in [5, 5.41) is 24.8. The molecule has 0 amide bonds. The van der Waals surface area contributed by atoms with Gasteiger partial charge in [0.15, 0.2) is 17.0 Å². The highest BCUT2D eigenvalue weighted by Gasteiger charge is 2.68. The van der Waals surface area contributed by atoms with Crippen molar-refractivity contribution in [1.82, 2.24) is 19.5 Å². The second kappa shape index (κ2) is 8.49. The smallest absolute Gasteiger partial charge is 0.209 e. The van der Waals surface area contributed by atoms with Crippen molar-refractivity contribution >= 4 is 17.0 Å². The van der Waals surface area contributed by atoms with Gasteiger partial charge in [0, 0.05) is 17.5 Å². The Morgan fingerprint density at radius 2 is 1.77 bits per heavy atom. The molecule has 2 aliphatic carbocycles. The molecule has 0 bridgehead atoms. The maximum atomic E-state index is 10.8. The first kappa shape index (κ1) is 21.8. The zero-order valence-electron chi connectivity index (χ0n) is 19.5. The number of hydrogen-bond donors (Lipinski definition) is 3. The van der Waals surface area contributed by atoms with Crippen LogP contribution in [0.1, 0.15) is 36.3 Å². The summed E-state index contributed by atoms with van der Waals surface area (Å²) in [6, 6.07) is 19.7. The third kappa shape index (κ3) is 3.85. The van der Waals surface area contributed by atoms with Crippen LogP contribution in [0.25, 0.3) is 11.2 Å². The first-order valence-electron chi connectivity index (χ1n) is 12.0.